The fraction of sp³-hybridized carbons (Fsp3) is 0.800. The number of methoxy groups -OCH3 is 1. The lowest BCUT2D eigenvalue weighted by Crippen LogP contribution is -2.23. The molecule has 0 saturated carbocycles. The molecule has 1 aromatic rings. The van der Waals surface area contributed by atoms with Gasteiger partial charge in [-0.15, -0.1) is 0 Å². The lowest BCUT2D eigenvalue weighted by Gasteiger charge is -2.04. The normalized spacial score (nSPS) is 10.9. The molecule has 1 heterocycles. The largest absolute Gasteiger partial charge is 0.382 e. The lowest BCUT2D eigenvalue weighted by molar-refractivity contribution is 0.0720. The summed E-state index contributed by atoms with van der Waals surface area (Å²) < 4.78 is 15.1. The second-order valence-corrected chi connectivity index (χ2v) is 3.34. The van der Waals surface area contributed by atoms with Gasteiger partial charge < -0.3 is 19.3 Å². The molecule has 0 amide bonds. The van der Waals surface area contributed by atoms with Crippen LogP contribution in [0.15, 0.2) is 4.52 Å². The molecule has 6 nitrogen and oxygen atoms in total. The van der Waals surface area contributed by atoms with Gasteiger partial charge in [-0.3, -0.25) is 0 Å². The van der Waals surface area contributed by atoms with Gasteiger partial charge in [0.1, 0.15) is 0 Å². The molecule has 1 aromatic heterocycles. The zero-order valence-electron chi connectivity index (χ0n) is 9.86. The Hall–Kier alpha value is -0.980. The van der Waals surface area contributed by atoms with E-state index in [4.69, 9.17) is 14.0 Å². The van der Waals surface area contributed by atoms with Crippen molar-refractivity contribution >= 4 is 0 Å². The summed E-state index contributed by atoms with van der Waals surface area (Å²) >= 11 is 0. The number of nitrogens with one attached hydrogen (secondary N) is 1. The van der Waals surface area contributed by atoms with Gasteiger partial charge in [0.05, 0.1) is 19.8 Å². The maximum Gasteiger partial charge on any atom is 0.227 e. The number of aryl methyl sites for hydroxylation is 1. The third kappa shape index (κ3) is 5.79. The predicted octanol–water partition coefficient (Wildman–Crippen LogP) is 0.173. The van der Waals surface area contributed by atoms with E-state index in [0.717, 1.165) is 19.5 Å². The average molecular weight is 229 g/mol. The van der Waals surface area contributed by atoms with E-state index in [-0.39, 0.29) is 0 Å². The Kier molecular flexibility index (Phi) is 6.71. The second kappa shape index (κ2) is 8.20. The maximum atomic E-state index is 5.29. The molecule has 0 aliphatic carbocycles. The van der Waals surface area contributed by atoms with Crippen LogP contribution >= 0.6 is 0 Å². The van der Waals surface area contributed by atoms with Crippen LogP contribution in [0.4, 0.5) is 0 Å². The van der Waals surface area contributed by atoms with Crippen molar-refractivity contribution in [2.45, 2.75) is 13.3 Å². The summed E-state index contributed by atoms with van der Waals surface area (Å²) in [7, 11) is 1.66. The van der Waals surface area contributed by atoms with E-state index in [2.05, 4.69) is 15.5 Å². The highest BCUT2D eigenvalue weighted by Gasteiger charge is 2.00. The number of nitrogens with zero attached hydrogens (tertiary/aromatic N) is 2. The van der Waals surface area contributed by atoms with E-state index in [9.17, 15) is 0 Å². The molecule has 0 radical (unpaired) electrons. The van der Waals surface area contributed by atoms with Crippen molar-refractivity contribution in [1.82, 2.24) is 15.5 Å². The molecule has 0 atom stereocenters. The number of hydrogen-bond donors (Lipinski definition) is 1. The standard InChI is InChI=1S/C10H19N3O3/c1-9-12-10(16-13-9)3-4-11-5-6-15-8-7-14-2/h11H,3-8H2,1-2H3. The third-order valence-electron chi connectivity index (χ3n) is 1.94. The van der Waals surface area contributed by atoms with Gasteiger partial charge in [-0.25, -0.2) is 0 Å². The van der Waals surface area contributed by atoms with Gasteiger partial charge in [0, 0.05) is 26.6 Å². The Morgan fingerprint density at radius 1 is 1.25 bits per heavy atom. The molecule has 1 rings (SSSR count). The summed E-state index contributed by atoms with van der Waals surface area (Å²) in [4.78, 5) is 4.10. The van der Waals surface area contributed by atoms with Crippen LogP contribution in [0.5, 0.6) is 0 Å². The van der Waals surface area contributed by atoms with E-state index in [1.165, 1.54) is 0 Å². The maximum absolute atomic E-state index is 5.29. The van der Waals surface area contributed by atoms with Gasteiger partial charge in [0.25, 0.3) is 0 Å². The molecule has 0 saturated heterocycles. The highest BCUT2D eigenvalue weighted by atomic mass is 16.5. The molecular formula is C10H19N3O3. The molecule has 0 unspecified atom stereocenters. The molecule has 0 fully saturated rings. The summed E-state index contributed by atoms with van der Waals surface area (Å²) in [6.45, 7) is 5.41. The van der Waals surface area contributed by atoms with Crippen molar-refractivity contribution in [2.24, 2.45) is 0 Å². The third-order valence-corrected chi connectivity index (χ3v) is 1.94. The van der Waals surface area contributed by atoms with Gasteiger partial charge in [-0.1, -0.05) is 5.16 Å². The molecule has 6 heteroatoms. The summed E-state index contributed by atoms with van der Waals surface area (Å²) in [6.07, 6.45) is 0.749. The minimum atomic E-state index is 0.640. The lowest BCUT2D eigenvalue weighted by atomic mass is 10.4. The van der Waals surface area contributed by atoms with Crippen molar-refractivity contribution in [1.29, 1.82) is 0 Å². The number of rotatable bonds is 9. The zero-order valence-corrected chi connectivity index (χ0v) is 9.86. The first-order valence-electron chi connectivity index (χ1n) is 5.39. The topological polar surface area (TPSA) is 69.4 Å². The van der Waals surface area contributed by atoms with Gasteiger partial charge >= 0.3 is 0 Å². The van der Waals surface area contributed by atoms with E-state index in [0.29, 0.717) is 31.5 Å². The zero-order chi connectivity index (χ0) is 11.6. The van der Waals surface area contributed by atoms with Crippen molar-refractivity contribution in [3.63, 3.8) is 0 Å². The highest BCUT2D eigenvalue weighted by molar-refractivity contribution is 4.83. The molecule has 92 valence electrons. The molecule has 1 N–H and O–H groups in total. The Morgan fingerprint density at radius 3 is 2.81 bits per heavy atom. The summed E-state index contributed by atoms with van der Waals surface area (Å²) in [5.41, 5.74) is 0. The molecule has 0 aliphatic rings. The number of aromatic nitrogens is 2. The number of hydrogen-bond acceptors (Lipinski definition) is 6. The molecule has 0 bridgehead atoms. The van der Waals surface area contributed by atoms with Crippen LogP contribution in [0.25, 0.3) is 0 Å². The second-order valence-electron chi connectivity index (χ2n) is 3.34. The molecule has 16 heavy (non-hydrogen) atoms. The Morgan fingerprint density at radius 2 is 2.12 bits per heavy atom. The van der Waals surface area contributed by atoms with Crippen molar-refractivity contribution in [3.8, 4) is 0 Å². The first kappa shape index (κ1) is 13.1. The van der Waals surface area contributed by atoms with E-state index in [1.54, 1.807) is 7.11 Å². The summed E-state index contributed by atoms with van der Waals surface area (Å²) in [6, 6.07) is 0. The predicted molar refractivity (Wildman–Crippen MR) is 58.3 cm³/mol. The molecule has 0 aliphatic heterocycles. The Bertz CT molecular complexity index is 278. The fourth-order valence-electron chi connectivity index (χ4n) is 1.15. The van der Waals surface area contributed by atoms with Crippen LogP contribution in [0.2, 0.25) is 0 Å². The van der Waals surface area contributed by atoms with Gasteiger partial charge in [-0.2, -0.15) is 4.98 Å². The van der Waals surface area contributed by atoms with Crippen LogP contribution in [0, 0.1) is 6.92 Å². The Labute approximate surface area is 95.3 Å². The minimum absolute atomic E-state index is 0.640. The first-order valence-corrected chi connectivity index (χ1v) is 5.39. The molecular weight excluding hydrogens is 210 g/mol. The quantitative estimate of drug-likeness (QED) is 0.609. The SMILES string of the molecule is COCCOCCNCCc1nc(C)no1. The highest BCUT2D eigenvalue weighted by Crippen LogP contribution is 1.95. The average Bonchev–Trinajstić information content (AvgIpc) is 2.68. The van der Waals surface area contributed by atoms with Gasteiger partial charge in [0.2, 0.25) is 5.89 Å². The van der Waals surface area contributed by atoms with Crippen molar-refractivity contribution in [3.05, 3.63) is 11.7 Å². The van der Waals surface area contributed by atoms with Gasteiger partial charge in [0.15, 0.2) is 5.82 Å². The molecule has 0 spiro atoms. The van der Waals surface area contributed by atoms with Crippen molar-refractivity contribution in [2.75, 3.05) is 40.0 Å². The smallest absolute Gasteiger partial charge is 0.227 e. The summed E-state index contributed by atoms with van der Waals surface area (Å²) in [5, 5.41) is 6.94. The minimum Gasteiger partial charge on any atom is -0.382 e. The van der Waals surface area contributed by atoms with Crippen LogP contribution in [0.1, 0.15) is 11.7 Å². The van der Waals surface area contributed by atoms with E-state index < -0.39 is 0 Å². The molecule has 0 aromatic carbocycles. The fourth-order valence-corrected chi connectivity index (χ4v) is 1.15. The van der Waals surface area contributed by atoms with E-state index in [1.807, 2.05) is 6.92 Å². The van der Waals surface area contributed by atoms with E-state index >= 15 is 0 Å². The van der Waals surface area contributed by atoms with Crippen LogP contribution in [-0.4, -0.2) is 50.2 Å². The van der Waals surface area contributed by atoms with Crippen LogP contribution in [-0.2, 0) is 15.9 Å². The first-order chi connectivity index (χ1) is 7.83. The number of ether oxygens (including phenoxy) is 2. The van der Waals surface area contributed by atoms with Crippen LogP contribution in [0.3, 0.4) is 0 Å². The van der Waals surface area contributed by atoms with Gasteiger partial charge in [-0.05, 0) is 6.92 Å². The Balaban J connectivity index is 1.88. The monoisotopic (exact) mass is 229 g/mol. The summed E-state index contributed by atoms with van der Waals surface area (Å²) in [5.74, 6) is 1.35. The van der Waals surface area contributed by atoms with Crippen LogP contribution < -0.4 is 5.32 Å². The van der Waals surface area contributed by atoms with Crippen molar-refractivity contribution < 1.29 is 14.0 Å².